The summed E-state index contributed by atoms with van der Waals surface area (Å²) in [6.07, 6.45) is 0.962. The molecule has 0 N–H and O–H groups in total. The van der Waals surface area contributed by atoms with Crippen LogP contribution >= 0.6 is 0 Å². The summed E-state index contributed by atoms with van der Waals surface area (Å²) in [6, 6.07) is 14.4. The maximum atomic E-state index is 12.6. The van der Waals surface area contributed by atoms with E-state index in [1.807, 2.05) is 12.1 Å². The minimum absolute atomic E-state index is 0.115. The number of ether oxygens (including phenoxy) is 1. The lowest BCUT2D eigenvalue weighted by Crippen LogP contribution is -2.58. The van der Waals surface area contributed by atoms with Crippen molar-refractivity contribution in [2.75, 3.05) is 25.1 Å². The molecule has 0 aliphatic carbocycles. The Bertz CT molecular complexity index is 1250. The first kappa shape index (κ1) is 22.7. The average molecular weight is 447 g/mol. The van der Waals surface area contributed by atoms with Crippen LogP contribution in [-0.2, 0) is 7.05 Å². The van der Waals surface area contributed by atoms with Crippen molar-refractivity contribution in [1.82, 2.24) is 19.4 Å². The second kappa shape index (κ2) is 9.20. The van der Waals surface area contributed by atoms with Gasteiger partial charge in [0.25, 0.3) is 0 Å². The van der Waals surface area contributed by atoms with Crippen LogP contribution in [0.2, 0.25) is 0 Å². The van der Waals surface area contributed by atoms with Crippen LogP contribution in [0, 0.1) is 11.3 Å². The first-order valence-corrected chi connectivity index (χ1v) is 11.3. The molecule has 1 aliphatic heterocycles. The summed E-state index contributed by atoms with van der Waals surface area (Å²) in [5.74, 6) is 1.41. The van der Waals surface area contributed by atoms with E-state index >= 15 is 0 Å². The maximum Gasteiger partial charge on any atom is 0.349 e. The van der Waals surface area contributed by atoms with Gasteiger partial charge in [-0.1, -0.05) is 19.1 Å². The van der Waals surface area contributed by atoms with E-state index in [9.17, 15) is 10.1 Å². The highest BCUT2D eigenvalue weighted by Gasteiger charge is 2.35. The van der Waals surface area contributed by atoms with E-state index in [4.69, 9.17) is 4.74 Å². The molecule has 3 heterocycles. The van der Waals surface area contributed by atoms with Gasteiger partial charge in [0.05, 0.1) is 12.6 Å². The second-order valence-corrected chi connectivity index (χ2v) is 8.66. The molecule has 1 aliphatic rings. The van der Waals surface area contributed by atoms with Gasteiger partial charge in [-0.2, -0.15) is 10.2 Å². The minimum atomic E-state index is -0.321. The predicted octanol–water partition coefficient (Wildman–Crippen LogP) is 3.26. The molecule has 2 aromatic heterocycles. The third kappa shape index (κ3) is 4.16. The number of aromatic nitrogens is 3. The van der Waals surface area contributed by atoms with Gasteiger partial charge in [0, 0.05) is 38.3 Å². The highest BCUT2D eigenvalue weighted by Crippen LogP contribution is 2.32. The Hall–Kier alpha value is -3.44. The molecule has 1 fully saturated rings. The van der Waals surface area contributed by atoms with Crippen LogP contribution in [0.4, 0.5) is 5.82 Å². The van der Waals surface area contributed by atoms with Crippen LogP contribution in [0.1, 0.15) is 44.5 Å². The first-order valence-electron chi connectivity index (χ1n) is 11.3. The molecular weight excluding hydrogens is 416 g/mol. The van der Waals surface area contributed by atoms with Crippen molar-refractivity contribution in [3.63, 3.8) is 0 Å². The zero-order valence-electron chi connectivity index (χ0n) is 19.8. The Kier molecular flexibility index (Phi) is 6.34. The van der Waals surface area contributed by atoms with Crippen LogP contribution in [0.3, 0.4) is 0 Å². The van der Waals surface area contributed by atoms with Crippen molar-refractivity contribution < 1.29 is 4.74 Å². The average Bonchev–Trinajstić information content (AvgIpc) is 2.85. The Balaban J connectivity index is 1.69. The van der Waals surface area contributed by atoms with Gasteiger partial charge >= 0.3 is 5.69 Å². The van der Waals surface area contributed by atoms with Crippen LogP contribution < -0.4 is 15.3 Å². The number of benzene rings is 1. The summed E-state index contributed by atoms with van der Waals surface area (Å²) in [5.41, 5.74) is 2.51. The van der Waals surface area contributed by atoms with Gasteiger partial charge < -0.3 is 9.64 Å². The van der Waals surface area contributed by atoms with Gasteiger partial charge in [-0.25, -0.2) is 9.78 Å². The largest absolute Gasteiger partial charge is 0.497 e. The van der Waals surface area contributed by atoms with Crippen LogP contribution in [0.15, 0.2) is 41.2 Å². The number of hydrogen-bond donors (Lipinski definition) is 0. The van der Waals surface area contributed by atoms with Crippen molar-refractivity contribution in [2.45, 2.75) is 45.3 Å². The van der Waals surface area contributed by atoms with E-state index in [0.717, 1.165) is 25.3 Å². The van der Waals surface area contributed by atoms with Gasteiger partial charge in [-0.05, 0) is 50.1 Å². The predicted molar refractivity (Wildman–Crippen MR) is 128 cm³/mol. The van der Waals surface area contributed by atoms with E-state index in [-0.39, 0.29) is 23.8 Å². The molecular formula is C25H30N6O2. The van der Waals surface area contributed by atoms with Crippen LogP contribution in [0.25, 0.3) is 11.0 Å². The molecule has 1 saturated heterocycles. The highest BCUT2D eigenvalue weighted by atomic mass is 16.5. The van der Waals surface area contributed by atoms with Gasteiger partial charge in [0.1, 0.15) is 23.0 Å². The summed E-state index contributed by atoms with van der Waals surface area (Å²) in [5, 5.41) is 9.36. The fourth-order valence-corrected chi connectivity index (χ4v) is 4.74. The number of rotatable bonds is 5. The first-order chi connectivity index (χ1) is 15.9. The summed E-state index contributed by atoms with van der Waals surface area (Å²) in [4.78, 5) is 26.3. The fraction of sp³-hybridized carbons (Fsp3) is 0.440. The topological polar surface area (TPSA) is 87.3 Å². The van der Waals surface area contributed by atoms with Crippen molar-refractivity contribution in [2.24, 2.45) is 7.05 Å². The smallest absolute Gasteiger partial charge is 0.349 e. The molecule has 4 rings (SSSR count). The Labute approximate surface area is 194 Å². The van der Waals surface area contributed by atoms with Crippen molar-refractivity contribution in [3.05, 3.63) is 58.1 Å². The molecule has 172 valence electrons. The molecule has 0 amide bonds. The number of aryl methyl sites for hydroxylation is 1. The number of nitriles is 1. The summed E-state index contributed by atoms with van der Waals surface area (Å²) in [6.45, 7) is 8.13. The number of piperazine rings is 1. The van der Waals surface area contributed by atoms with E-state index in [0.29, 0.717) is 22.5 Å². The lowest BCUT2D eigenvalue weighted by molar-refractivity contribution is 0.105. The molecule has 3 aromatic rings. The number of nitrogens with zero attached hydrogens (tertiary/aromatic N) is 6. The Morgan fingerprint density at radius 3 is 2.55 bits per heavy atom. The standard InChI is InChI=1S/C25H30N6O2/c1-6-20-15-30(16(2)14-31(20)17(3)18-7-10-21(33-5)11-8-18)24-23-22(29(4)25(32)28-24)12-9-19(13-26)27-23/h7-12,16-17,20H,6,14-15H2,1-5H3/t16-,17?,20+/m0/s1. The zero-order valence-corrected chi connectivity index (χ0v) is 19.8. The Morgan fingerprint density at radius 1 is 1.18 bits per heavy atom. The molecule has 0 bridgehead atoms. The second-order valence-electron chi connectivity index (χ2n) is 8.66. The van der Waals surface area contributed by atoms with Crippen molar-refractivity contribution in [1.29, 1.82) is 5.26 Å². The number of pyridine rings is 1. The SMILES string of the molecule is CC[C@@H]1CN(c2nc(=O)n(C)c3ccc(C#N)nc23)[C@@H](C)CN1C(C)c1ccc(OC)cc1. The lowest BCUT2D eigenvalue weighted by atomic mass is 9.98. The van der Waals surface area contributed by atoms with E-state index in [2.05, 4.69) is 58.7 Å². The maximum absolute atomic E-state index is 12.6. The summed E-state index contributed by atoms with van der Waals surface area (Å²) in [7, 11) is 3.36. The molecule has 0 saturated carbocycles. The van der Waals surface area contributed by atoms with Crippen molar-refractivity contribution >= 4 is 16.9 Å². The summed E-state index contributed by atoms with van der Waals surface area (Å²) < 4.78 is 6.79. The lowest BCUT2D eigenvalue weighted by Gasteiger charge is -2.48. The fourth-order valence-electron chi connectivity index (χ4n) is 4.74. The quantitative estimate of drug-likeness (QED) is 0.594. The van der Waals surface area contributed by atoms with Gasteiger partial charge in [-0.3, -0.25) is 9.47 Å². The van der Waals surface area contributed by atoms with Gasteiger partial charge in [0.15, 0.2) is 5.82 Å². The van der Waals surface area contributed by atoms with Crippen molar-refractivity contribution in [3.8, 4) is 11.8 Å². The van der Waals surface area contributed by atoms with Crippen LogP contribution in [-0.4, -0.2) is 51.7 Å². The van der Waals surface area contributed by atoms with Gasteiger partial charge in [-0.15, -0.1) is 0 Å². The Morgan fingerprint density at radius 2 is 1.91 bits per heavy atom. The molecule has 1 aromatic carbocycles. The van der Waals surface area contributed by atoms with E-state index < -0.39 is 0 Å². The summed E-state index contributed by atoms with van der Waals surface area (Å²) >= 11 is 0. The zero-order chi connectivity index (χ0) is 23.7. The molecule has 8 heteroatoms. The normalized spacial score (nSPS) is 19.9. The molecule has 0 radical (unpaired) electrons. The number of anilines is 1. The molecule has 33 heavy (non-hydrogen) atoms. The van der Waals surface area contributed by atoms with Gasteiger partial charge in [0.2, 0.25) is 0 Å². The van der Waals surface area contributed by atoms with E-state index in [1.54, 1.807) is 26.3 Å². The monoisotopic (exact) mass is 446 g/mol. The highest BCUT2D eigenvalue weighted by molar-refractivity contribution is 5.86. The number of fused-ring (bicyclic) bond motifs is 1. The molecule has 8 nitrogen and oxygen atoms in total. The number of methoxy groups -OCH3 is 1. The third-order valence-electron chi connectivity index (χ3n) is 6.77. The van der Waals surface area contributed by atoms with E-state index in [1.165, 1.54) is 10.1 Å². The molecule has 3 atom stereocenters. The molecule has 1 unspecified atom stereocenters. The molecule has 0 spiro atoms. The third-order valence-corrected chi connectivity index (χ3v) is 6.77. The minimum Gasteiger partial charge on any atom is -0.497 e. The van der Waals surface area contributed by atoms with Crippen LogP contribution in [0.5, 0.6) is 5.75 Å². The number of hydrogen-bond acceptors (Lipinski definition) is 7.